The Kier molecular flexibility index (Phi) is 6.65. The molecule has 3 rings (SSSR count). The van der Waals surface area contributed by atoms with Gasteiger partial charge in [0.25, 0.3) is 5.91 Å². The van der Waals surface area contributed by atoms with Gasteiger partial charge in [-0.1, -0.05) is 30.7 Å². The number of halogens is 2. The maximum Gasteiger partial charge on any atom is 0.271 e. The zero-order chi connectivity index (χ0) is 20.1. The van der Waals surface area contributed by atoms with Crippen molar-refractivity contribution in [2.45, 2.75) is 13.8 Å². The minimum atomic E-state index is -0.368. The molecular formula is C21H24ClFN4O. The van der Waals surface area contributed by atoms with Crippen LogP contribution in [0.4, 0.5) is 10.1 Å². The van der Waals surface area contributed by atoms with Gasteiger partial charge in [0.15, 0.2) is 0 Å². The maximum absolute atomic E-state index is 14.7. The largest absolute Gasteiger partial charge is 0.367 e. The minimum Gasteiger partial charge on any atom is -0.367 e. The fourth-order valence-corrected chi connectivity index (χ4v) is 3.38. The normalized spacial score (nSPS) is 15.6. The first kappa shape index (κ1) is 20.3. The summed E-state index contributed by atoms with van der Waals surface area (Å²) in [6.07, 6.45) is 0. The van der Waals surface area contributed by atoms with Gasteiger partial charge in [0.05, 0.1) is 11.4 Å². The summed E-state index contributed by atoms with van der Waals surface area (Å²) in [7, 11) is 0. The molecule has 5 nitrogen and oxygen atoms in total. The number of rotatable bonds is 5. The van der Waals surface area contributed by atoms with Gasteiger partial charge in [-0.2, -0.15) is 5.10 Å². The summed E-state index contributed by atoms with van der Waals surface area (Å²) in [5.74, 6) is -0.647. The molecule has 0 radical (unpaired) electrons. The molecule has 1 aliphatic heterocycles. The van der Waals surface area contributed by atoms with E-state index in [0.717, 1.165) is 32.7 Å². The van der Waals surface area contributed by atoms with E-state index in [2.05, 4.69) is 27.3 Å². The highest BCUT2D eigenvalue weighted by Gasteiger charge is 2.19. The minimum absolute atomic E-state index is 0.279. The predicted molar refractivity (Wildman–Crippen MR) is 112 cm³/mol. The van der Waals surface area contributed by atoms with Gasteiger partial charge < -0.3 is 9.80 Å². The second kappa shape index (κ2) is 9.17. The molecule has 1 fully saturated rings. The van der Waals surface area contributed by atoms with Gasteiger partial charge in [-0.25, -0.2) is 9.82 Å². The molecule has 0 aliphatic carbocycles. The highest BCUT2D eigenvalue weighted by atomic mass is 35.5. The van der Waals surface area contributed by atoms with E-state index in [1.807, 2.05) is 6.07 Å². The van der Waals surface area contributed by atoms with Crippen molar-refractivity contribution in [3.8, 4) is 0 Å². The summed E-state index contributed by atoms with van der Waals surface area (Å²) in [5, 5.41) is 4.57. The number of nitrogens with one attached hydrogen (secondary N) is 1. The molecule has 1 heterocycles. The summed E-state index contributed by atoms with van der Waals surface area (Å²) in [4.78, 5) is 16.6. The molecule has 1 aliphatic rings. The number of likely N-dealkylation sites (N-methyl/N-ethyl adjacent to an activating group) is 1. The molecule has 0 bridgehead atoms. The Balaban J connectivity index is 1.67. The first-order valence-electron chi connectivity index (χ1n) is 9.35. The number of carbonyl (C=O) groups excluding carboxylic acids is 1. The number of nitrogens with zero attached hydrogens (tertiary/aromatic N) is 3. The first-order valence-corrected chi connectivity index (χ1v) is 9.73. The van der Waals surface area contributed by atoms with Crippen LogP contribution >= 0.6 is 11.6 Å². The summed E-state index contributed by atoms with van der Waals surface area (Å²) >= 11 is 5.90. The smallest absolute Gasteiger partial charge is 0.271 e. The van der Waals surface area contributed by atoms with Gasteiger partial charge in [-0.15, -0.1) is 0 Å². The molecule has 0 spiro atoms. The quantitative estimate of drug-likeness (QED) is 0.611. The van der Waals surface area contributed by atoms with Gasteiger partial charge in [0, 0.05) is 42.3 Å². The molecule has 28 heavy (non-hydrogen) atoms. The van der Waals surface area contributed by atoms with E-state index in [-0.39, 0.29) is 11.7 Å². The van der Waals surface area contributed by atoms with Gasteiger partial charge in [-0.05, 0) is 43.8 Å². The van der Waals surface area contributed by atoms with Gasteiger partial charge in [0.1, 0.15) is 5.82 Å². The van der Waals surface area contributed by atoms with Crippen LogP contribution in [-0.2, 0) is 0 Å². The Morgan fingerprint density at radius 3 is 2.54 bits per heavy atom. The van der Waals surface area contributed by atoms with E-state index in [9.17, 15) is 9.18 Å². The number of carbonyl (C=O) groups is 1. The lowest BCUT2D eigenvalue weighted by Gasteiger charge is -2.35. The van der Waals surface area contributed by atoms with Crippen LogP contribution in [-0.4, -0.2) is 49.2 Å². The molecule has 0 unspecified atom stereocenters. The van der Waals surface area contributed by atoms with Crippen LogP contribution in [0.15, 0.2) is 47.6 Å². The lowest BCUT2D eigenvalue weighted by atomic mass is 10.1. The Bertz CT molecular complexity index is 878. The third-order valence-corrected chi connectivity index (χ3v) is 5.17. The number of piperazine rings is 1. The zero-order valence-electron chi connectivity index (χ0n) is 16.1. The average molecular weight is 403 g/mol. The second-order valence-electron chi connectivity index (χ2n) is 6.74. The summed E-state index contributed by atoms with van der Waals surface area (Å²) in [6.45, 7) is 8.39. The van der Waals surface area contributed by atoms with Crippen molar-refractivity contribution in [3.05, 3.63) is 64.4 Å². The van der Waals surface area contributed by atoms with Crippen LogP contribution in [0.2, 0.25) is 5.02 Å². The van der Waals surface area contributed by atoms with Crippen molar-refractivity contribution in [3.63, 3.8) is 0 Å². The summed E-state index contributed by atoms with van der Waals surface area (Å²) < 4.78 is 14.7. The number of benzene rings is 2. The lowest BCUT2D eigenvalue weighted by Crippen LogP contribution is -2.46. The van der Waals surface area contributed by atoms with E-state index >= 15 is 0 Å². The summed E-state index contributed by atoms with van der Waals surface area (Å²) in [5.41, 5.74) is 4.66. The molecule has 0 aromatic heterocycles. The zero-order valence-corrected chi connectivity index (χ0v) is 16.8. The first-order chi connectivity index (χ1) is 13.5. The highest BCUT2D eigenvalue weighted by molar-refractivity contribution is 6.30. The molecular weight excluding hydrogens is 379 g/mol. The third-order valence-electron chi connectivity index (χ3n) is 4.94. The molecule has 2 aromatic rings. The Labute approximate surface area is 169 Å². The summed E-state index contributed by atoms with van der Waals surface area (Å²) in [6, 6.07) is 11.7. The van der Waals surface area contributed by atoms with Crippen molar-refractivity contribution in [1.82, 2.24) is 10.3 Å². The van der Waals surface area contributed by atoms with E-state index in [4.69, 9.17) is 11.6 Å². The molecule has 7 heteroatoms. The Morgan fingerprint density at radius 1 is 1.14 bits per heavy atom. The number of amides is 1. The fourth-order valence-electron chi connectivity index (χ4n) is 3.19. The van der Waals surface area contributed by atoms with Crippen molar-refractivity contribution in [1.29, 1.82) is 0 Å². The van der Waals surface area contributed by atoms with E-state index in [1.165, 1.54) is 6.07 Å². The predicted octanol–water partition coefficient (Wildman–Crippen LogP) is 3.78. The van der Waals surface area contributed by atoms with Crippen molar-refractivity contribution in [2.24, 2.45) is 5.10 Å². The number of hydrogen-bond donors (Lipinski definition) is 1. The number of hydrogen-bond acceptors (Lipinski definition) is 4. The molecule has 1 N–H and O–H groups in total. The van der Waals surface area contributed by atoms with Gasteiger partial charge >= 0.3 is 0 Å². The van der Waals surface area contributed by atoms with Crippen LogP contribution in [0.3, 0.4) is 0 Å². The molecule has 148 valence electrons. The highest BCUT2D eigenvalue weighted by Crippen LogP contribution is 2.22. The van der Waals surface area contributed by atoms with Crippen LogP contribution in [0.25, 0.3) is 0 Å². The van der Waals surface area contributed by atoms with Crippen LogP contribution in [0, 0.1) is 5.82 Å². The standard InChI is InChI=1S/C21H24ClFN4O/c1-3-26-9-11-27(12-10-26)20-8-7-16(14-19(20)23)15(2)24-25-21(28)17-5-4-6-18(22)13-17/h4-8,13-14H,3,9-12H2,1-2H3,(H,25,28)/b24-15-. The monoisotopic (exact) mass is 402 g/mol. The van der Waals surface area contributed by atoms with E-state index < -0.39 is 0 Å². The van der Waals surface area contributed by atoms with Gasteiger partial charge in [-0.3, -0.25) is 4.79 Å². The SMILES string of the molecule is CCN1CCN(c2ccc(/C(C)=N\NC(=O)c3cccc(Cl)c3)cc2F)CC1. The number of hydrazone groups is 1. The van der Waals surface area contributed by atoms with E-state index in [0.29, 0.717) is 27.5 Å². The molecule has 1 saturated heterocycles. The molecule has 2 aromatic carbocycles. The van der Waals surface area contributed by atoms with Crippen LogP contribution in [0.1, 0.15) is 29.8 Å². The third kappa shape index (κ3) is 4.88. The fraction of sp³-hybridized carbons (Fsp3) is 0.333. The van der Waals surface area contributed by atoms with Crippen molar-refractivity contribution < 1.29 is 9.18 Å². The Hall–Kier alpha value is -2.44. The maximum atomic E-state index is 14.7. The van der Waals surface area contributed by atoms with Crippen molar-refractivity contribution >= 4 is 28.9 Å². The molecule has 0 atom stereocenters. The topological polar surface area (TPSA) is 47.9 Å². The molecule has 1 amide bonds. The van der Waals surface area contributed by atoms with Crippen molar-refractivity contribution in [2.75, 3.05) is 37.6 Å². The average Bonchev–Trinajstić information content (AvgIpc) is 2.71. The molecule has 0 saturated carbocycles. The lowest BCUT2D eigenvalue weighted by molar-refractivity contribution is 0.0955. The van der Waals surface area contributed by atoms with Crippen LogP contribution in [0.5, 0.6) is 0 Å². The van der Waals surface area contributed by atoms with E-state index in [1.54, 1.807) is 37.3 Å². The number of anilines is 1. The van der Waals surface area contributed by atoms with Gasteiger partial charge in [0.2, 0.25) is 0 Å². The Morgan fingerprint density at radius 2 is 1.89 bits per heavy atom. The second-order valence-corrected chi connectivity index (χ2v) is 7.17. The van der Waals surface area contributed by atoms with Crippen LogP contribution < -0.4 is 10.3 Å².